The number of aromatic nitrogens is 1. The van der Waals surface area contributed by atoms with Crippen molar-refractivity contribution >= 4 is 23.3 Å². The van der Waals surface area contributed by atoms with Crippen molar-refractivity contribution < 1.29 is 19.1 Å². The van der Waals surface area contributed by atoms with E-state index in [2.05, 4.69) is 20.1 Å². The molecule has 5 rings (SSSR count). The molecule has 0 saturated carbocycles. The molecule has 2 saturated heterocycles. The van der Waals surface area contributed by atoms with Crippen LogP contribution in [0, 0.1) is 0 Å². The summed E-state index contributed by atoms with van der Waals surface area (Å²) in [5, 5.41) is 13.5. The largest absolute Gasteiger partial charge is 0.478 e. The van der Waals surface area contributed by atoms with Crippen molar-refractivity contribution in [2.75, 3.05) is 39.4 Å². The molecule has 1 aromatic carbocycles. The molecule has 0 amide bonds. The van der Waals surface area contributed by atoms with Gasteiger partial charge in [0.2, 0.25) is 0 Å². The van der Waals surface area contributed by atoms with Gasteiger partial charge in [-0.3, -0.25) is 9.88 Å². The van der Waals surface area contributed by atoms with E-state index in [-0.39, 0.29) is 17.6 Å². The maximum absolute atomic E-state index is 11.4. The van der Waals surface area contributed by atoms with Crippen LogP contribution >= 0.6 is 12.2 Å². The maximum atomic E-state index is 11.4. The van der Waals surface area contributed by atoms with E-state index in [9.17, 15) is 9.90 Å². The fourth-order valence-electron chi connectivity index (χ4n) is 4.72. The fraction of sp³-hybridized carbons (Fsp3) is 0.346. The Morgan fingerprint density at radius 2 is 1.97 bits per heavy atom. The highest BCUT2D eigenvalue weighted by Gasteiger charge is 2.41. The van der Waals surface area contributed by atoms with E-state index >= 15 is 0 Å². The second-order valence-electron chi connectivity index (χ2n) is 8.72. The van der Waals surface area contributed by atoms with Crippen molar-refractivity contribution in [3.8, 4) is 11.3 Å². The minimum absolute atomic E-state index is 0.156. The summed E-state index contributed by atoms with van der Waals surface area (Å²) in [6.07, 6.45) is 2.74. The first-order valence-corrected chi connectivity index (χ1v) is 12.2. The maximum Gasteiger partial charge on any atom is 0.335 e. The zero-order chi connectivity index (χ0) is 24.2. The number of nitrogens with zero attached hydrogens (tertiary/aromatic N) is 3. The molecular formula is C26H28N4O4S. The number of pyridine rings is 1. The summed E-state index contributed by atoms with van der Waals surface area (Å²) in [6.45, 7) is 5.24. The molecule has 35 heavy (non-hydrogen) atoms. The van der Waals surface area contributed by atoms with Gasteiger partial charge in [0, 0.05) is 37.9 Å². The van der Waals surface area contributed by atoms with Gasteiger partial charge >= 0.3 is 5.97 Å². The first kappa shape index (κ1) is 23.5. The van der Waals surface area contributed by atoms with Gasteiger partial charge in [0.05, 0.1) is 30.5 Å². The van der Waals surface area contributed by atoms with Gasteiger partial charge in [0.1, 0.15) is 17.6 Å². The number of hydrogen-bond donors (Lipinski definition) is 2. The molecule has 2 N–H and O–H groups in total. The summed E-state index contributed by atoms with van der Waals surface area (Å²) in [5.74, 6) is 0.412. The number of nitrogens with one attached hydrogen (secondary N) is 1. The van der Waals surface area contributed by atoms with Gasteiger partial charge in [-0.15, -0.1) is 0 Å². The van der Waals surface area contributed by atoms with Crippen LogP contribution < -0.4 is 5.32 Å². The molecule has 0 spiro atoms. The Kier molecular flexibility index (Phi) is 7.08. The first-order valence-electron chi connectivity index (χ1n) is 11.8. The second-order valence-corrected chi connectivity index (χ2v) is 9.10. The predicted octanol–water partition coefficient (Wildman–Crippen LogP) is 3.73. The summed E-state index contributed by atoms with van der Waals surface area (Å²) in [7, 11) is 0. The lowest BCUT2D eigenvalue weighted by Crippen LogP contribution is -2.38. The minimum Gasteiger partial charge on any atom is -0.478 e. The van der Waals surface area contributed by atoms with E-state index in [1.165, 1.54) is 0 Å². The molecule has 2 unspecified atom stereocenters. The van der Waals surface area contributed by atoms with Gasteiger partial charge in [-0.2, -0.15) is 0 Å². The number of benzene rings is 1. The highest BCUT2D eigenvalue weighted by molar-refractivity contribution is 7.80. The molecule has 2 aromatic heterocycles. The van der Waals surface area contributed by atoms with Crippen molar-refractivity contribution in [1.29, 1.82) is 0 Å². The van der Waals surface area contributed by atoms with Crippen LogP contribution in [0.15, 0.2) is 65.2 Å². The van der Waals surface area contributed by atoms with Crippen LogP contribution in [0.1, 0.15) is 40.3 Å². The van der Waals surface area contributed by atoms with Gasteiger partial charge in [-0.05, 0) is 55.0 Å². The Hall–Kier alpha value is -3.27. The van der Waals surface area contributed by atoms with Gasteiger partial charge < -0.3 is 24.5 Å². The quantitative estimate of drug-likeness (QED) is 0.456. The highest BCUT2D eigenvalue weighted by Crippen LogP contribution is 2.40. The van der Waals surface area contributed by atoms with E-state index in [4.69, 9.17) is 21.4 Å². The molecule has 2 aliphatic heterocycles. The molecular weight excluding hydrogens is 464 g/mol. The number of aromatic carboxylic acids is 1. The monoisotopic (exact) mass is 492 g/mol. The highest BCUT2D eigenvalue weighted by atomic mass is 32.1. The number of hydrogen-bond acceptors (Lipinski definition) is 6. The van der Waals surface area contributed by atoms with Crippen molar-refractivity contribution in [2.45, 2.75) is 18.5 Å². The van der Waals surface area contributed by atoms with E-state index in [0.717, 1.165) is 62.8 Å². The summed E-state index contributed by atoms with van der Waals surface area (Å²) < 4.78 is 11.8. The van der Waals surface area contributed by atoms with E-state index in [1.807, 2.05) is 36.4 Å². The van der Waals surface area contributed by atoms with Crippen LogP contribution in [0.5, 0.6) is 0 Å². The number of carboxylic acids is 1. The van der Waals surface area contributed by atoms with Crippen LogP contribution in [-0.2, 0) is 4.74 Å². The van der Waals surface area contributed by atoms with Crippen LogP contribution in [0.2, 0.25) is 0 Å². The Morgan fingerprint density at radius 3 is 2.74 bits per heavy atom. The smallest absolute Gasteiger partial charge is 0.335 e. The number of rotatable bonds is 8. The van der Waals surface area contributed by atoms with Gasteiger partial charge in [0.15, 0.2) is 5.11 Å². The lowest BCUT2D eigenvalue weighted by Gasteiger charge is -2.29. The normalized spacial score (nSPS) is 20.7. The fourth-order valence-corrected chi connectivity index (χ4v) is 5.05. The summed E-state index contributed by atoms with van der Waals surface area (Å²) in [4.78, 5) is 20.6. The predicted molar refractivity (Wildman–Crippen MR) is 135 cm³/mol. The van der Waals surface area contributed by atoms with Crippen molar-refractivity contribution in [1.82, 2.24) is 20.1 Å². The van der Waals surface area contributed by atoms with Crippen molar-refractivity contribution in [2.24, 2.45) is 0 Å². The van der Waals surface area contributed by atoms with Crippen LogP contribution in [0.3, 0.4) is 0 Å². The third-order valence-corrected chi connectivity index (χ3v) is 6.84. The molecule has 182 valence electrons. The number of ether oxygens (including phenoxy) is 1. The zero-order valence-corrected chi connectivity index (χ0v) is 20.1. The Bertz CT molecular complexity index is 1180. The lowest BCUT2D eigenvalue weighted by atomic mass is 10.0. The molecule has 9 heteroatoms. The topological polar surface area (TPSA) is 91.1 Å². The molecule has 0 bridgehead atoms. The molecule has 2 atom stereocenters. The van der Waals surface area contributed by atoms with Crippen LogP contribution in [-0.4, -0.2) is 70.4 Å². The molecule has 0 radical (unpaired) electrons. The Labute approximate surface area is 209 Å². The zero-order valence-electron chi connectivity index (χ0n) is 19.3. The molecule has 2 aliphatic rings. The first-order chi connectivity index (χ1) is 17.1. The van der Waals surface area contributed by atoms with Crippen molar-refractivity contribution in [3.63, 3.8) is 0 Å². The van der Waals surface area contributed by atoms with E-state index in [1.54, 1.807) is 24.4 Å². The number of morpholine rings is 1. The van der Waals surface area contributed by atoms with Gasteiger partial charge in [-0.25, -0.2) is 4.79 Å². The molecule has 8 nitrogen and oxygen atoms in total. The van der Waals surface area contributed by atoms with Crippen LogP contribution in [0.4, 0.5) is 0 Å². The number of carbonyl (C=O) groups is 1. The number of thiocarbonyl (C=S) groups is 1. The number of furan rings is 1. The van der Waals surface area contributed by atoms with Crippen molar-refractivity contribution in [3.05, 3.63) is 77.8 Å². The average Bonchev–Trinajstić information content (AvgIpc) is 3.50. The lowest BCUT2D eigenvalue weighted by molar-refractivity contribution is 0.0365. The van der Waals surface area contributed by atoms with E-state index < -0.39 is 5.97 Å². The van der Waals surface area contributed by atoms with E-state index in [0.29, 0.717) is 10.9 Å². The Balaban J connectivity index is 1.40. The van der Waals surface area contributed by atoms with Gasteiger partial charge in [0.25, 0.3) is 0 Å². The molecule has 2 fully saturated rings. The standard InChI is InChI=1S/C26H28N4O4S/c31-25(32)19-6-3-5-18(17-19)21-8-9-22(34-21)24-23(20-7-1-2-10-27-20)28-26(35)30(24)12-4-11-29-13-15-33-16-14-29/h1-3,5-10,17,23-24H,4,11-16H2,(H,28,35)(H,31,32). The number of carboxylic acid groups (broad SMARTS) is 1. The molecule has 0 aliphatic carbocycles. The van der Waals surface area contributed by atoms with Gasteiger partial charge in [-0.1, -0.05) is 18.2 Å². The third-order valence-electron chi connectivity index (χ3n) is 6.49. The molecule has 4 heterocycles. The summed E-state index contributed by atoms with van der Waals surface area (Å²) in [5.41, 5.74) is 1.83. The summed E-state index contributed by atoms with van der Waals surface area (Å²) in [6, 6.07) is 16.1. The van der Waals surface area contributed by atoms with Crippen LogP contribution in [0.25, 0.3) is 11.3 Å². The minimum atomic E-state index is -0.967. The second kappa shape index (κ2) is 10.6. The summed E-state index contributed by atoms with van der Waals surface area (Å²) >= 11 is 5.76. The SMILES string of the molecule is O=C(O)c1cccc(-c2ccc(C3C(c4ccccn4)NC(=S)N3CCCN3CCOCC3)o2)c1. The Morgan fingerprint density at radius 1 is 1.11 bits per heavy atom. The third kappa shape index (κ3) is 5.22. The molecule has 3 aromatic rings. The average molecular weight is 493 g/mol.